The monoisotopic (exact) mass is 218 g/mol. The number of imidazole rings is 1. The summed E-state index contributed by atoms with van der Waals surface area (Å²) in [5.74, 6) is 0. The number of aryl methyl sites for hydroxylation is 1. The molecule has 0 fully saturated rings. The molecule has 1 aromatic heterocycles. The summed E-state index contributed by atoms with van der Waals surface area (Å²) in [6, 6.07) is 2.18. The number of hydrogen-bond donors (Lipinski definition) is 1. The van der Waals surface area contributed by atoms with Gasteiger partial charge in [-0.2, -0.15) is 5.26 Å². The van der Waals surface area contributed by atoms with Gasteiger partial charge in [0.2, 0.25) is 0 Å². The second kappa shape index (κ2) is 5.13. The Labute approximate surface area is 96.3 Å². The Balaban J connectivity index is 2.09. The molecule has 1 aromatic rings. The molecule has 16 heavy (non-hydrogen) atoms. The van der Waals surface area contributed by atoms with Gasteiger partial charge in [-0.15, -0.1) is 0 Å². The minimum absolute atomic E-state index is 0.106. The second-order valence-corrected chi connectivity index (χ2v) is 4.24. The minimum atomic E-state index is -0.106. The van der Waals surface area contributed by atoms with Crippen molar-refractivity contribution in [2.24, 2.45) is 0 Å². The largest absolute Gasteiger partial charge is 0.332 e. The molecule has 1 unspecified atom stereocenters. The van der Waals surface area contributed by atoms with E-state index >= 15 is 0 Å². The topological polar surface area (TPSA) is 53.6 Å². The minimum Gasteiger partial charge on any atom is -0.332 e. The van der Waals surface area contributed by atoms with E-state index in [9.17, 15) is 0 Å². The van der Waals surface area contributed by atoms with Crippen LogP contribution in [0.5, 0.6) is 0 Å². The van der Waals surface area contributed by atoms with Crippen LogP contribution in [0.2, 0.25) is 0 Å². The molecule has 0 aliphatic heterocycles. The molecule has 1 heterocycles. The summed E-state index contributed by atoms with van der Waals surface area (Å²) in [7, 11) is 0. The molecule has 0 saturated heterocycles. The van der Waals surface area contributed by atoms with E-state index in [1.165, 1.54) is 24.2 Å². The zero-order valence-corrected chi connectivity index (χ0v) is 9.74. The number of aromatic nitrogens is 2. The summed E-state index contributed by atoms with van der Waals surface area (Å²) in [6.07, 6.45) is 6.59. The molecule has 4 nitrogen and oxygen atoms in total. The summed E-state index contributed by atoms with van der Waals surface area (Å²) >= 11 is 0. The van der Waals surface area contributed by atoms with Crippen LogP contribution in [-0.2, 0) is 19.4 Å². The molecule has 0 amide bonds. The van der Waals surface area contributed by atoms with E-state index in [0.29, 0.717) is 6.54 Å². The van der Waals surface area contributed by atoms with E-state index in [2.05, 4.69) is 20.9 Å². The van der Waals surface area contributed by atoms with E-state index in [0.717, 1.165) is 19.4 Å². The SMILES string of the molecule is CCNC(C#N)Cn1cnc2c1CCCC2. The fourth-order valence-electron chi connectivity index (χ4n) is 2.28. The van der Waals surface area contributed by atoms with Gasteiger partial charge in [0.15, 0.2) is 0 Å². The molecule has 1 aliphatic rings. The van der Waals surface area contributed by atoms with Gasteiger partial charge in [0, 0.05) is 5.69 Å². The van der Waals surface area contributed by atoms with Gasteiger partial charge in [-0.25, -0.2) is 4.98 Å². The van der Waals surface area contributed by atoms with Crippen LogP contribution in [0, 0.1) is 11.3 Å². The zero-order valence-electron chi connectivity index (χ0n) is 9.74. The number of likely N-dealkylation sites (N-methyl/N-ethyl adjacent to an activating group) is 1. The van der Waals surface area contributed by atoms with E-state index < -0.39 is 0 Å². The Hall–Kier alpha value is -1.34. The van der Waals surface area contributed by atoms with Crippen LogP contribution >= 0.6 is 0 Å². The van der Waals surface area contributed by atoms with Crippen molar-refractivity contribution in [1.82, 2.24) is 14.9 Å². The molecule has 86 valence electrons. The van der Waals surface area contributed by atoms with Crippen molar-refractivity contribution < 1.29 is 0 Å². The van der Waals surface area contributed by atoms with Crippen LogP contribution in [0.15, 0.2) is 6.33 Å². The predicted molar refractivity (Wildman–Crippen MR) is 61.9 cm³/mol. The summed E-state index contributed by atoms with van der Waals surface area (Å²) in [5, 5.41) is 12.2. The summed E-state index contributed by atoms with van der Waals surface area (Å²) in [6.45, 7) is 3.56. The molecule has 0 radical (unpaired) electrons. The first kappa shape index (κ1) is 11.2. The molecule has 1 aliphatic carbocycles. The van der Waals surface area contributed by atoms with Gasteiger partial charge in [0.1, 0.15) is 6.04 Å². The molecule has 0 spiro atoms. The van der Waals surface area contributed by atoms with Crippen molar-refractivity contribution in [3.8, 4) is 6.07 Å². The van der Waals surface area contributed by atoms with Crippen molar-refractivity contribution >= 4 is 0 Å². The molecular formula is C12H18N4. The first-order chi connectivity index (χ1) is 7.85. The first-order valence-corrected chi connectivity index (χ1v) is 6.01. The molecule has 1 N–H and O–H groups in total. The highest BCUT2D eigenvalue weighted by Gasteiger charge is 2.17. The van der Waals surface area contributed by atoms with E-state index in [-0.39, 0.29) is 6.04 Å². The van der Waals surface area contributed by atoms with Crippen LogP contribution in [0.3, 0.4) is 0 Å². The molecular weight excluding hydrogens is 200 g/mol. The van der Waals surface area contributed by atoms with Crippen LogP contribution in [-0.4, -0.2) is 22.1 Å². The molecule has 0 bridgehead atoms. The van der Waals surface area contributed by atoms with Gasteiger partial charge in [-0.1, -0.05) is 6.92 Å². The normalized spacial score (nSPS) is 16.5. The number of fused-ring (bicyclic) bond motifs is 1. The van der Waals surface area contributed by atoms with Crippen LogP contribution in [0.1, 0.15) is 31.2 Å². The number of nitrogens with zero attached hydrogens (tertiary/aromatic N) is 3. The quantitative estimate of drug-likeness (QED) is 0.828. The lowest BCUT2D eigenvalue weighted by molar-refractivity contribution is 0.514. The zero-order chi connectivity index (χ0) is 11.4. The van der Waals surface area contributed by atoms with Gasteiger partial charge >= 0.3 is 0 Å². The standard InChI is InChI=1S/C12H18N4/c1-2-14-10(7-13)8-16-9-15-11-5-3-4-6-12(11)16/h9-10,14H,2-6,8H2,1H3. The summed E-state index contributed by atoms with van der Waals surface area (Å²) in [5.41, 5.74) is 2.57. The highest BCUT2D eigenvalue weighted by molar-refractivity contribution is 5.16. The molecule has 0 aromatic carbocycles. The Morgan fingerprint density at radius 3 is 3.12 bits per heavy atom. The van der Waals surface area contributed by atoms with Gasteiger partial charge < -0.3 is 9.88 Å². The van der Waals surface area contributed by atoms with Crippen molar-refractivity contribution in [2.45, 2.75) is 45.2 Å². The Bertz CT molecular complexity index is 388. The molecule has 4 heteroatoms. The summed E-state index contributed by atoms with van der Waals surface area (Å²) < 4.78 is 2.14. The van der Waals surface area contributed by atoms with Crippen molar-refractivity contribution in [1.29, 1.82) is 5.26 Å². The van der Waals surface area contributed by atoms with Crippen LogP contribution in [0.4, 0.5) is 0 Å². The first-order valence-electron chi connectivity index (χ1n) is 6.01. The maximum atomic E-state index is 9.01. The van der Waals surface area contributed by atoms with Crippen molar-refractivity contribution in [2.75, 3.05) is 6.54 Å². The van der Waals surface area contributed by atoms with Gasteiger partial charge in [-0.05, 0) is 32.2 Å². The number of nitrogens with one attached hydrogen (secondary N) is 1. The highest BCUT2D eigenvalue weighted by Crippen LogP contribution is 2.19. The Morgan fingerprint density at radius 1 is 1.56 bits per heavy atom. The lowest BCUT2D eigenvalue weighted by Crippen LogP contribution is -2.32. The average Bonchev–Trinajstić information content (AvgIpc) is 2.72. The maximum absolute atomic E-state index is 9.01. The molecule has 1 atom stereocenters. The van der Waals surface area contributed by atoms with Gasteiger partial charge in [0.25, 0.3) is 0 Å². The number of rotatable bonds is 4. The summed E-state index contributed by atoms with van der Waals surface area (Å²) in [4.78, 5) is 4.43. The third-order valence-electron chi connectivity index (χ3n) is 3.10. The third-order valence-corrected chi connectivity index (χ3v) is 3.10. The number of nitriles is 1. The lowest BCUT2D eigenvalue weighted by atomic mass is 10.0. The van der Waals surface area contributed by atoms with Crippen LogP contribution < -0.4 is 5.32 Å². The lowest BCUT2D eigenvalue weighted by Gasteiger charge is -2.16. The smallest absolute Gasteiger partial charge is 0.113 e. The molecule has 2 rings (SSSR count). The van der Waals surface area contributed by atoms with Crippen LogP contribution in [0.25, 0.3) is 0 Å². The predicted octanol–water partition coefficient (Wildman–Crippen LogP) is 1.26. The third kappa shape index (κ3) is 2.25. The van der Waals surface area contributed by atoms with Gasteiger partial charge in [0.05, 0.1) is 24.6 Å². The average molecular weight is 218 g/mol. The Kier molecular flexibility index (Phi) is 3.58. The fourth-order valence-corrected chi connectivity index (χ4v) is 2.28. The second-order valence-electron chi connectivity index (χ2n) is 4.24. The maximum Gasteiger partial charge on any atom is 0.113 e. The van der Waals surface area contributed by atoms with Gasteiger partial charge in [-0.3, -0.25) is 0 Å². The van der Waals surface area contributed by atoms with E-state index in [1.807, 2.05) is 13.3 Å². The van der Waals surface area contributed by atoms with E-state index in [4.69, 9.17) is 5.26 Å². The fraction of sp³-hybridized carbons (Fsp3) is 0.667. The Morgan fingerprint density at radius 2 is 2.38 bits per heavy atom. The van der Waals surface area contributed by atoms with E-state index in [1.54, 1.807) is 0 Å². The highest BCUT2D eigenvalue weighted by atomic mass is 15.1. The molecule has 0 saturated carbocycles. The van der Waals surface area contributed by atoms with Crippen molar-refractivity contribution in [3.05, 3.63) is 17.7 Å². The number of hydrogen-bond acceptors (Lipinski definition) is 3. The van der Waals surface area contributed by atoms with Crippen molar-refractivity contribution in [3.63, 3.8) is 0 Å².